The lowest BCUT2D eigenvalue weighted by atomic mass is 10.1. The van der Waals surface area contributed by atoms with Crippen molar-refractivity contribution in [3.8, 4) is 0 Å². The molecule has 2 aliphatic rings. The molecule has 2 heterocycles. The van der Waals surface area contributed by atoms with Crippen molar-refractivity contribution in [1.29, 1.82) is 0 Å². The van der Waals surface area contributed by atoms with Crippen LogP contribution < -0.4 is 5.32 Å². The van der Waals surface area contributed by atoms with Gasteiger partial charge in [-0.1, -0.05) is 12.1 Å². The average molecular weight is 317 g/mol. The highest BCUT2D eigenvalue weighted by molar-refractivity contribution is 5.85. The number of nitrogens with one attached hydrogen (secondary N) is 1. The molecule has 116 valence electrons. The molecule has 21 heavy (non-hydrogen) atoms. The Balaban J connectivity index is 0.00000161. The molecule has 0 aromatic heterocycles. The van der Waals surface area contributed by atoms with Crippen LogP contribution in [0.25, 0.3) is 0 Å². The van der Waals surface area contributed by atoms with Crippen LogP contribution in [0.3, 0.4) is 0 Å². The second-order valence-corrected chi connectivity index (χ2v) is 5.66. The van der Waals surface area contributed by atoms with E-state index in [4.69, 9.17) is 0 Å². The second-order valence-electron chi connectivity index (χ2n) is 5.66. The van der Waals surface area contributed by atoms with Crippen molar-refractivity contribution >= 4 is 18.3 Å². The van der Waals surface area contributed by atoms with E-state index >= 15 is 0 Å². The van der Waals surface area contributed by atoms with Crippen molar-refractivity contribution in [2.45, 2.75) is 37.8 Å². The molecule has 0 saturated carbocycles. The summed E-state index contributed by atoms with van der Waals surface area (Å²) in [5.74, 6) is -1.92. The summed E-state index contributed by atoms with van der Waals surface area (Å²) in [7, 11) is 0. The zero-order valence-corrected chi connectivity index (χ0v) is 12.5. The third kappa shape index (κ3) is 3.52. The molecule has 3 rings (SSSR count). The third-order valence-corrected chi connectivity index (χ3v) is 4.25. The minimum Gasteiger partial charge on any atom is -0.341 e. The number of carbonyl (C=O) groups is 1. The van der Waals surface area contributed by atoms with Crippen LogP contribution in [0.5, 0.6) is 0 Å². The van der Waals surface area contributed by atoms with E-state index in [1.165, 1.54) is 18.6 Å². The van der Waals surface area contributed by atoms with Gasteiger partial charge in [-0.3, -0.25) is 4.79 Å². The summed E-state index contributed by atoms with van der Waals surface area (Å²) in [4.78, 5) is 14.0. The highest BCUT2D eigenvalue weighted by Crippen LogP contribution is 2.21. The first-order valence-electron chi connectivity index (χ1n) is 7.10. The van der Waals surface area contributed by atoms with Crippen molar-refractivity contribution in [2.24, 2.45) is 0 Å². The Morgan fingerprint density at radius 1 is 1.24 bits per heavy atom. The summed E-state index contributed by atoms with van der Waals surface area (Å²) >= 11 is 0. The third-order valence-electron chi connectivity index (χ3n) is 4.25. The molecule has 1 aromatic rings. The molecule has 0 spiro atoms. The zero-order valence-electron chi connectivity index (χ0n) is 11.6. The minimum absolute atomic E-state index is 0. The predicted molar refractivity (Wildman–Crippen MR) is 78.5 cm³/mol. The highest BCUT2D eigenvalue weighted by Gasteiger charge is 2.31. The lowest BCUT2D eigenvalue weighted by molar-refractivity contribution is -0.130. The molecule has 1 aromatic carbocycles. The van der Waals surface area contributed by atoms with E-state index in [2.05, 4.69) is 5.32 Å². The smallest absolute Gasteiger partial charge is 0.227 e. The van der Waals surface area contributed by atoms with E-state index in [-0.39, 0.29) is 30.3 Å². The number of carbonyl (C=O) groups excluding carboxylic acids is 1. The quantitative estimate of drug-likeness (QED) is 0.908. The number of amides is 1. The molecular formula is C15H19ClF2N2O. The first-order valence-corrected chi connectivity index (χ1v) is 7.10. The molecule has 2 unspecified atom stereocenters. The normalized spacial score (nSPS) is 24.4. The maximum Gasteiger partial charge on any atom is 0.227 e. The number of nitrogens with zero attached hydrogens (tertiary/aromatic N) is 1. The van der Waals surface area contributed by atoms with Crippen LogP contribution in [0, 0.1) is 11.6 Å². The van der Waals surface area contributed by atoms with Gasteiger partial charge in [0.1, 0.15) is 0 Å². The van der Waals surface area contributed by atoms with Gasteiger partial charge in [0.05, 0.1) is 6.42 Å². The summed E-state index contributed by atoms with van der Waals surface area (Å²) in [6.07, 6.45) is 3.13. The molecule has 1 amide bonds. The minimum atomic E-state index is -0.907. The van der Waals surface area contributed by atoms with E-state index in [0.29, 0.717) is 25.2 Å². The molecule has 2 fully saturated rings. The van der Waals surface area contributed by atoms with Crippen molar-refractivity contribution in [3.05, 3.63) is 35.4 Å². The van der Waals surface area contributed by atoms with E-state index in [1.807, 2.05) is 0 Å². The van der Waals surface area contributed by atoms with Crippen LogP contribution in [-0.4, -0.2) is 36.0 Å². The van der Waals surface area contributed by atoms with E-state index in [1.54, 1.807) is 4.90 Å². The second kappa shape index (κ2) is 6.71. The van der Waals surface area contributed by atoms with Gasteiger partial charge >= 0.3 is 0 Å². The molecular weight excluding hydrogens is 298 g/mol. The Hall–Kier alpha value is -1.20. The van der Waals surface area contributed by atoms with E-state index in [0.717, 1.165) is 18.9 Å². The monoisotopic (exact) mass is 316 g/mol. The van der Waals surface area contributed by atoms with Crippen LogP contribution in [0.2, 0.25) is 0 Å². The Bertz CT molecular complexity index is 526. The molecule has 0 radical (unpaired) electrons. The SMILES string of the molecule is Cl.O=C(Cc1cccc(F)c1F)N1CCC2CCC(C1)N2. The van der Waals surface area contributed by atoms with Gasteiger partial charge < -0.3 is 10.2 Å². The van der Waals surface area contributed by atoms with E-state index in [9.17, 15) is 13.6 Å². The fourth-order valence-electron chi connectivity index (χ4n) is 3.13. The van der Waals surface area contributed by atoms with E-state index < -0.39 is 11.6 Å². The van der Waals surface area contributed by atoms with Crippen molar-refractivity contribution in [2.75, 3.05) is 13.1 Å². The fraction of sp³-hybridized carbons (Fsp3) is 0.533. The van der Waals surface area contributed by atoms with Crippen LogP contribution in [0.1, 0.15) is 24.8 Å². The first-order chi connectivity index (χ1) is 9.63. The number of rotatable bonds is 2. The zero-order chi connectivity index (χ0) is 14.1. The van der Waals surface area contributed by atoms with Crippen molar-refractivity contribution < 1.29 is 13.6 Å². The first kappa shape index (κ1) is 16.2. The number of hydrogen-bond acceptors (Lipinski definition) is 2. The lowest BCUT2D eigenvalue weighted by Crippen LogP contribution is -2.39. The number of halogens is 3. The summed E-state index contributed by atoms with van der Waals surface area (Å²) < 4.78 is 26.8. The Morgan fingerprint density at radius 2 is 2.00 bits per heavy atom. The van der Waals surface area contributed by atoms with Gasteiger partial charge in [-0.25, -0.2) is 8.78 Å². The summed E-state index contributed by atoms with van der Waals surface area (Å²) in [5, 5.41) is 3.49. The molecule has 1 N–H and O–H groups in total. The molecule has 2 atom stereocenters. The molecule has 2 aliphatic heterocycles. The van der Waals surface area contributed by atoms with Crippen molar-refractivity contribution in [3.63, 3.8) is 0 Å². The Kier molecular flexibility index (Phi) is 5.17. The molecule has 6 heteroatoms. The summed E-state index contributed by atoms with van der Waals surface area (Å²) in [5.41, 5.74) is 0.136. The lowest BCUT2D eigenvalue weighted by Gasteiger charge is -2.24. The van der Waals surface area contributed by atoms with Gasteiger partial charge in [-0.15, -0.1) is 12.4 Å². The predicted octanol–water partition coefficient (Wildman–Crippen LogP) is 2.28. The number of likely N-dealkylation sites (tertiary alicyclic amines) is 1. The summed E-state index contributed by atoms with van der Waals surface area (Å²) in [6, 6.07) is 4.83. The fourth-order valence-corrected chi connectivity index (χ4v) is 3.13. The van der Waals surface area contributed by atoms with Crippen LogP contribution in [-0.2, 0) is 11.2 Å². The van der Waals surface area contributed by atoms with Crippen molar-refractivity contribution in [1.82, 2.24) is 10.2 Å². The van der Waals surface area contributed by atoms with Gasteiger partial charge in [0.15, 0.2) is 11.6 Å². The van der Waals surface area contributed by atoms with Gasteiger partial charge in [-0.05, 0) is 25.3 Å². The molecule has 0 aliphatic carbocycles. The highest BCUT2D eigenvalue weighted by atomic mass is 35.5. The topological polar surface area (TPSA) is 32.3 Å². The molecule has 2 saturated heterocycles. The maximum absolute atomic E-state index is 13.6. The average Bonchev–Trinajstić information content (AvgIpc) is 2.74. The maximum atomic E-state index is 13.6. The standard InChI is InChI=1S/C15H18F2N2O.ClH/c16-13-3-1-2-10(15(13)17)8-14(20)19-7-6-11-4-5-12(9-19)18-11;/h1-3,11-12,18H,4-9H2;1H. The Labute approximate surface area is 129 Å². The number of fused-ring (bicyclic) bond motifs is 2. The van der Waals surface area contributed by atoms with Gasteiger partial charge in [0.25, 0.3) is 0 Å². The van der Waals surface area contributed by atoms with Crippen LogP contribution >= 0.6 is 12.4 Å². The summed E-state index contributed by atoms with van der Waals surface area (Å²) in [6.45, 7) is 1.37. The van der Waals surface area contributed by atoms with Gasteiger partial charge in [0, 0.05) is 30.7 Å². The van der Waals surface area contributed by atoms with Gasteiger partial charge in [0.2, 0.25) is 5.91 Å². The van der Waals surface area contributed by atoms with Crippen LogP contribution in [0.15, 0.2) is 18.2 Å². The molecule has 2 bridgehead atoms. The largest absolute Gasteiger partial charge is 0.341 e. The Morgan fingerprint density at radius 3 is 2.81 bits per heavy atom. The number of hydrogen-bond donors (Lipinski definition) is 1. The van der Waals surface area contributed by atoms with Gasteiger partial charge in [-0.2, -0.15) is 0 Å². The number of benzene rings is 1. The molecule has 3 nitrogen and oxygen atoms in total. The van der Waals surface area contributed by atoms with Crippen LogP contribution in [0.4, 0.5) is 8.78 Å².